The quantitative estimate of drug-likeness (QED) is 0.898. The van der Waals surface area contributed by atoms with Crippen LogP contribution in [0.5, 0.6) is 0 Å². The van der Waals surface area contributed by atoms with Crippen LogP contribution in [0.15, 0.2) is 30.3 Å². The molecule has 3 nitrogen and oxygen atoms in total. The first-order valence-electron chi connectivity index (χ1n) is 8.61. The molecule has 2 fully saturated rings. The van der Waals surface area contributed by atoms with E-state index in [0.29, 0.717) is 12.1 Å². The molecule has 1 aliphatic carbocycles. The third-order valence-electron chi connectivity index (χ3n) is 5.14. The van der Waals surface area contributed by atoms with Gasteiger partial charge in [-0.1, -0.05) is 30.3 Å². The lowest BCUT2D eigenvalue weighted by atomic mass is 9.91. The van der Waals surface area contributed by atoms with Gasteiger partial charge in [0.15, 0.2) is 0 Å². The second-order valence-corrected chi connectivity index (χ2v) is 6.82. The zero-order valence-electron chi connectivity index (χ0n) is 13.0. The summed E-state index contributed by atoms with van der Waals surface area (Å²) >= 11 is 0. The van der Waals surface area contributed by atoms with Gasteiger partial charge in [-0.3, -0.25) is 5.43 Å². The van der Waals surface area contributed by atoms with Gasteiger partial charge in [0.2, 0.25) is 0 Å². The number of nitrogens with zero attached hydrogens (tertiary/aromatic N) is 1. The van der Waals surface area contributed by atoms with Crippen LogP contribution in [0.25, 0.3) is 0 Å². The van der Waals surface area contributed by atoms with Crippen molar-refractivity contribution in [3.05, 3.63) is 35.9 Å². The highest BCUT2D eigenvalue weighted by Gasteiger charge is 2.26. The minimum atomic E-state index is 0.444. The van der Waals surface area contributed by atoms with Gasteiger partial charge >= 0.3 is 0 Å². The Labute approximate surface area is 128 Å². The minimum absolute atomic E-state index is 0.444. The van der Waals surface area contributed by atoms with Crippen molar-refractivity contribution in [2.75, 3.05) is 13.1 Å². The van der Waals surface area contributed by atoms with Gasteiger partial charge in [0.25, 0.3) is 0 Å². The molecule has 1 aromatic rings. The van der Waals surface area contributed by atoms with E-state index in [1.807, 2.05) is 0 Å². The van der Waals surface area contributed by atoms with Crippen LogP contribution in [0, 0.1) is 5.92 Å². The van der Waals surface area contributed by atoms with Gasteiger partial charge < -0.3 is 5.73 Å². The number of hydrazine groups is 1. The summed E-state index contributed by atoms with van der Waals surface area (Å²) in [5.74, 6) is 0.767. The van der Waals surface area contributed by atoms with Crippen molar-refractivity contribution >= 4 is 0 Å². The number of rotatable bonds is 3. The monoisotopic (exact) mass is 287 g/mol. The highest BCUT2D eigenvalue weighted by atomic mass is 15.5. The Morgan fingerprint density at radius 2 is 1.81 bits per heavy atom. The van der Waals surface area contributed by atoms with Crippen molar-refractivity contribution in [1.29, 1.82) is 0 Å². The topological polar surface area (TPSA) is 41.3 Å². The molecule has 21 heavy (non-hydrogen) atoms. The Kier molecular flexibility index (Phi) is 5.28. The van der Waals surface area contributed by atoms with Gasteiger partial charge in [-0.05, 0) is 56.4 Å². The third-order valence-corrected chi connectivity index (χ3v) is 5.14. The third kappa shape index (κ3) is 4.29. The van der Waals surface area contributed by atoms with Gasteiger partial charge in [-0.15, -0.1) is 0 Å². The molecule has 1 aromatic carbocycles. The van der Waals surface area contributed by atoms with Gasteiger partial charge in [0.05, 0.1) is 0 Å². The molecule has 0 amide bonds. The standard InChI is InChI=1S/C18H29N3/c19-17-8-10-18(11-9-17)21-12-4-7-16(14-20-21)13-15-5-2-1-3-6-15/h1-3,5-6,16-18,20H,4,7-14,19H2. The Hall–Kier alpha value is -0.900. The second kappa shape index (κ2) is 7.39. The first kappa shape index (κ1) is 15.0. The Bertz CT molecular complexity index is 412. The van der Waals surface area contributed by atoms with Crippen LogP contribution in [0.4, 0.5) is 0 Å². The summed E-state index contributed by atoms with van der Waals surface area (Å²) in [7, 11) is 0. The van der Waals surface area contributed by atoms with E-state index in [9.17, 15) is 0 Å². The molecule has 1 heterocycles. The molecular formula is C18H29N3. The molecular weight excluding hydrogens is 258 g/mol. The van der Waals surface area contributed by atoms with Crippen molar-refractivity contribution in [3.8, 4) is 0 Å². The van der Waals surface area contributed by atoms with Crippen molar-refractivity contribution in [2.24, 2.45) is 11.7 Å². The van der Waals surface area contributed by atoms with Crippen LogP contribution in [0.2, 0.25) is 0 Å². The normalized spacial score (nSPS) is 31.8. The minimum Gasteiger partial charge on any atom is -0.328 e. The number of nitrogens with two attached hydrogens (primary N) is 1. The van der Waals surface area contributed by atoms with Crippen molar-refractivity contribution in [2.45, 2.75) is 57.0 Å². The van der Waals surface area contributed by atoms with E-state index in [0.717, 1.165) is 12.5 Å². The molecule has 1 saturated carbocycles. The van der Waals surface area contributed by atoms with E-state index >= 15 is 0 Å². The van der Waals surface area contributed by atoms with Crippen molar-refractivity contribution in [1.82, 2.24) is 10.4 Å². The molecule has 2 aliphatic rings. The van der Waals surface area contributed by atoms with Gasteiger partial charge in [-0.25, -0.2) is 5.01 Å². The van der Waals surface area contributed by atoms with Gasteiger partial charge in [0, 0.05) is 25.2 Å². The SMILES string of the molecule is NC1CCC(N2CCCC(Cc3ccccc3)CN2)CC1. The molecule has 3 N–H and O–H groups in total. The summed E-state index contributed by atoms with van der Waals surface area (Å²) < 4.78 is 0. The summed E-state index contributed by atoms with van der Waals surface area (Å²) in [5.41, 5.74) is 11.2. The first-order chi connectivity index (χ1) is 10.3. The van der Waals surface area contributed by atoms with Crippen molar-refractivity contribution < 1.29 is 0 Å². The fraction of sp³-hybridized carbons (Fsp3) is 0.667. The number of hydrogen-bond acceptors (Lipinski definition) is 3. The van der Waals surface area contributed by atoms with Crippen LogP contribution < -0.4 is 11.2 Å². The van der Waals surface area contributed by atoms with E-state index in [1.54, 1.807) is 0 Å². The highest BCUT2D eigenvalue weighted by molar-refractivity contribution is 5.15. The van der Waals surface area contributed by atoms with Crippen LogP contribution in [-0.4, -0.2) is 30.2 Å². The maximum Gasteiger partial charge on any atom is 0.0244 e. The molecule has 0 radical (unpaired) electrons. The average Bonchev–Trinajstić information content (AvgIpc) is 2.75. The van der Waals surface area contributed by atoms with E-state index in [-0.39, 0.29) is 0 Å². The molecule has 1 unspecified atom stereocenters. The largest absolute Gasteiger partial charge is 0.328 e. The molecule has 0 spiro atoms. The molecule has 3 rings (SSSR count). The summed E-state index contributed by atoms with van der Waals surface area (Å²) in [6.07, 6.45) is 8.76. The maximum atomic E-state index is 6.03. The summed E-state index contributed by atoms with van der Waals surface area (Å²) in [6, 6.07) is 12.1. The predicted molar refractivity (Wildman–Crippen MR) is 87.8 cm³/mol. The number of nitrogens with one attached hydrogen (secondary N) is 1. The smallest absolute Gasteiger partial charge is 0.0244 e. The second-order valence-electron chi connectivity index (χ2n) is 6.82. The fourth-order valence-corrected chi connectivity index (χ4v) is 3.82. The molecule has 116 valence electrons. The predicted octanol–water partition coefficient (Wildman–Crippen LogP) is 2.72. The molecule has 1 atom stereocenters. The lowest BCUT2D eigenvalue weighted by Crippen LogP contribution is -2.48. The molecule has 0 bridgehead atoms. The van der Waals surface area contributed by atoms with E-state index < -0.39 is 0 Å². The summed E-state index contributed by atoms with van der Waals surface area (Å²) in [5, 5.41) is 2.52. The molecule has 1 saturated heterocycles. The Morgan fingerprint density at radius 1 is 1.05 bits per heavy atom. The fourth-order valence-electron chi connectivity index (χ4n) is 3.82. The van der Waals surface area contributed by atoms with E-state index in [2.05, 4.69) is 40.8 Å². The van der Waals surface area contributed by atoms with Crippen molar-refractivity contribution in [3.63, 3.8) is 0 Å². The van der Waals surface area contributed by atoms with E-state index in [1.165, 1.54) is 57.1 Å². The zero-order valence-corrected chi connectivity index (χ0v) is 13.0. The first-order valence-corrected chi connectivity index (χ1v) is 8.61. The Balaban J connectivity index is 1.50. The summed E-state index contributed by atoms with van der Waals surface area (Å²) in [6.45, 7) is 2.32. The summed E-state index contributed by atoms with van der Waals surface area (Å²) in [4.78, 5) is 0. The maximum absolute atomic E-state index is 6.03. The zero-order chi connectivity index (χ0) is 14.5. The Morgan fingerprint density at radius 3 is 2.57 bits per heavy atom. The molecule has 0 aromatic heterocycles. The number of benzene rings is 1. The van der Waals surface area contributed by atoms with Gasteiger partial charge in [-0.2, -0.15) is 0 Å². The van der Waals surface area contributed by atoms with Crippen LogP contribution in [-0.2, 0) is 6.42 Å². The highest BCUT2D eigenvalue weighted by Crippen LogP contribution is 2.24. The molecule has 3 heteroatoms. The van der Waals surface area contributed by atoms with Crippen LogP contribution in [0.3, 0.4) is 0 Å². The van der Waals surface area contributed by atoms with Gasteiger partial charge in [0.1, 0.15) is 0 Å². The van der Waals surface area contributed by atoms with Crippen LogP contribution >= 0.6 is 0 Å². The lowest BCUT2D eigenvalue weighted by Gasteiger charge is -2.35. The van der Waals surface area contributed by atoms with Crippen LogP contribution in [0.1, 0.15) is 44.1 Å². The average molecular weight is 287 g/mol. The number of hydrogen-bond donors (Lipinski definition) is 2. The van der Waals surface area contributed by atoms with E-state index in [4.69, 9.17) is 5.73 Å². The lowest BCUT2D eigenvalue weighted by molar-refractivity contribution is 0.0965. The molecule has 1 aliphatic heterocycles.